The van der Waals surface area contributed by atoms with Crippen molar-refractivity contribution in [1.29, 1.82) is 0 Å². The van der Waals surface area contributed by atoms with Crippen LogP contribution in [0.4, 0.5) is 4.39 Å². The maximum Gasteiger partial charge on any atom is 0.198 e. The summed E-state index contributed by atoms with van der Waals surface area (Å²) in [6, 6.07) is 12.9. The Labute approximate surface area is 165 Å². The van der Waals surface area contributed by atoms with Gasteiger partial charge >= 0.3 is 0 Å². The van der Waals surface area contributed by atoms with E-state index in [1.54, 1.807) is 0 Å². The van der Waals surface area contributed by atoms with E-state index in [0.29, 0.717) is 6.61 Å². The highest BCUT2D eigenvalue weighted by Gasteiger charge is 2.51. The van der Waals surface area contributed by atoms with E-state index in [1.165, 1.54) is 18.6 Å². The van der Waals surface area contributed by atoms with Crippen molar-refractivity contribution in [3.63, 3.8) is 0 Å². The number of ether oxygens (including phenoxy) is 2. The summed E-state index contributed by atoms with van der Waals surface area (Å²) in [6.07, 6.45) is 6.22. The molecule has 0 saturated heterocycles. The summed E-state index contributed by atoms with van der Waals surface area (Å²) in [5, 5.41) is 7.22. The minimum absolute atomic E-state index is 0.127. The molecule has 1 fully saturated rings. The van der Waals surface area contributed by atoms with Gasteiger partial charge in [0.25, 0.3) is 0 Å². The first-order valence-corrected chi connectivity index (χ1v) is 10.3. The van der Waals surface area contributed by atoms with Crippen LogP contribution in [-0.4, -0.2) is 23.1 Å². The third kappa shape index (κ3) is 2.76. The molecule has 1 spiro atoms. The quantitative estimate of drug-likeness (QED) is 0.712. The highest BCUT2D eigenvalue weighted by molar-refractivity contribution is 6.02. The molecule has 0 radical (unpaired) electrons. The molecule has 1 aliphatic carbocycles. The molecule has 28 heavy (non-hydrogen) atoms. The van der Waals surface area contributed by atoms with Crippen LogP contribution in [0, 0.1) is 5.82 Å². The van der Waals surface area contributed by atoms with E-state index < -0.39 is 5.72 Å². The van der Waals surface area contributed by atoms with E-state index >= 15 is 0 Å². The monoisotopic (exact) mass is 380 g/mol. The standard InChI is InChI=1S/C23H25FN2O2/c1-2-27-21-8-6-7-18-20-15-19(16-9-11-17(24)12-10-16)25-26(20)23(28-22(18)21)13-4-3-5-14-23/h6-12,20H,2-5,13-15H2,1H3. The Balaban J connectivity index is 1.59. The predicted octanol–water partition coefficient (Wildman–Crippen LogP) is 5.43. The van der Waals surface area contributed by atoms with Crippen molar-refractivity contribution in [3.05, 3.63) is 59.4 Å². The van der Waals surface area contributed by atoms with Crippen LogP contribution in [0.2, 0.25) is 0 Å². The number of rotatable bonds is 3. The molecule has 5 rings (SSSR count). The molecule has 4 nitrogen and oxygen atoms in total. The van der Waals surface area contributed by atoms with Gasteiger partial charge in [0, 0.05) is 24.8 Å². The molecule has 2 aromatic carbocycles. The van der Waals surface area contributed by atoms with Gasteiger partial charge < -0.3 is 9.47 Å². The van der Waals surface area contributed by atoms with Crippen LogP contribution in [-0.2, 0) is 0 Å². The molecule has 0 aromatic heterocycles. The van der Waals surface area contributed by atoms with Gasteiger partial charge in [-0.15, -0.1) is 0 Å². The lowest BCUT2D eigenvalue weighted by Gasteiger charge is -2.49. The highest BCUT2D eigenvalue weighted by atomic mass is 19.1. The SMILES string of the molecule is CCOc1cccc2c1OC1(CCCCC1)N1N=C(c3ccc(F)cc3)CC21. The highest BCUT2D eigenvalue weighted by Crippen LogP contribution is 2.53. The third-order valence-electron chi connectivity index (χ3n) is 6.10. The fraction of sp³-hybridized carbons (Fsp3) is 0.435. The van der Waals surface area contributed by atoms with E-state index in [9.17, 15) is 4.39 Å². The topological polar surface area (TPSA) is 34.1 Å². The maximum absolute atomic E-state index is 13.4. The zero-order valence-electron chi connectivity index (χ0n) is 16.2. The summed E-state index contributed by atoms with van der Waals surface area (Å²) in [5.74, 6) is 1.47. The van der Waals surface area contributed by atoms with Crippen molar-refractivity contribution in [2.45, 2.75) is 57.2 Å². The van der Waals surface area contributed by atoms with E-state index in [4.69, 9.17) is 14.6 Å². The second-order valence-corrected chi connectivity index (χ2v) is 7.83. The summed E-state index contributed by atoms with van der Waals surface area (Å²) in [4.78, 5) is 0. The van der Waals surface area contributed by atoms with Gasteiger partial charge in [-0.05, 0) is 43.5 Å². The molecule has 146 valence electrons. The molecule has 2 aromatic rings. The molecule has 2 heterocycles. The summed E-state index contributed by atoms with van der Waals surface area (Å²) < 4.78 is 26.0. The van der Waals surface area contributed by atoms with Gasteiger partial charge in [0.05, 0.1) is 18.4 Å². The van der Waals surface area contributed by atoms with Crippen LogP contribution in [0.25, 0.3) is 0 Å². The average Bonchev–Trinajstić information content (AvgIpc) is 3.17. The molecule has 0 amide bonds. The largest absolute Gasteiger partial charge is 0.490 e. The fourth-order valence-corrected chi connectivity index (χ4v) is 4.79. The Morgan fingerprint density at radius 3 is 2.68 bits per heavy atom. The second-order valence-electron chi connectivity index (χ2n) is 7.83. The molecule has 1 unspecified atom stereocenters. The van der Waals surface area contributed by atoms with Crippen LogP contribution in [0.5, 0.6) is 11.5 Å². The Morgan fingerprint density at radius 2 is 1.93 bits per heavy atom. The Bertz CT molecular complexity index is 903. The van der Waals surface area contributed by atoms with Crippen molar-refractivity contribution in [1.82, 2.24) is 5.01 Å². The van der Waals surface area contributed by atoms with E-state index in [1.807, 2.05) is 31.2 Å². The van der Waals surface area contributed by atoms with Gasteiger partial charge in [0.2, 0.25) is 0 Å². The van der Waals surface area contributed by atoms with Crippen LogP contribution < -0.4 is 9.47 Å². The number of hydrogen-bond donors (Lipinski definition) is 0. The Morgan fingerprint density at radius 1 is 1.14 bits per heavy atom. The van der Waals surface area contributed by atoms with E-state index in [-0.39, 0.29) is 11.9 Å². The van der Waals surface area contributed by atoms with Gasteiger partial charge in [-0.2, -0.15) is 5.10 Å². The Hall–Kier alpha value is -2.56. The predicted molar refractivity (Wildman–Crippen MR) is 106 cm³/mol. The van der Waals surface area contributed by atoms with Crippen molar-refractivity contribution in [2.75, 3.05) is 6.61 Å². The molecule has 3 aliphatic rings. The Kier molecular flexibility index (Phi) is 4.26. The first-order valence-electron chi connectivity index (χ1n) is 10.3. The number of halogens is 1. The zero-order chi connectivity index (χ0) is 19.1. The minimum Gasteiger partial charge on any atom is -0.490 e. The third-order valence-corrected chi connectivity index (χ3v) is 6.10. The number of fused-ring (bicyclic) bond motifs is 4. The minimum atomic E-state index is -0.412. The van der Waals surface area contributed by atoms with Crippen LogP contribution >= 0.6 is 0 Å². The van der Waals surface area contributed by atoms with Gasteiger partial charge in [-0.3, -0.25) is 0 Å². The molecular weight excluding hydrogens is 355 g/mol. The van der Waals surface area contributed by atoms with Crippen molar-refractivity contribution < 1.29 is 13.9 Å². The zero-order valence-corrected chi connectivity index (χ0v) is 16.2. The van der Waals surface area contributed by atoms with Gasteiger partial charge in [0.15, 0.2) is 17.2 Å². The molecule has 5 heteroatoms. The van der Waals surface area contributed by atoms with Gasteiger partial charge in [-0.25, -0.2) is 9.40 Å². The molecule has 1 atom stereocenters. The number of hydrazone groups is 1. The first kappa shape index (κ1) is 17.5. The summed E-state index contributed by atoms with van der Waals surface area (Å²) >= 11 is 0. The molecular formula is C23H25FN2O2. The van der Waals surface area contributed by atoms with Crippen LogP contribution in [0.15, 0.2) is 47.6 Å². The molecule has 0 bridgehead atoms. The smallest absolute Gasteiger partial charge is 0.198 e. The second kappa shape index (κ2) is 6.80. The summed E-state index contributed by atoms with van der Waals surface area (Å²) in [5.41, 5.74) is 2.69. The lowest BCUT2D eigenvalue weighted by Crippen LogP contribution is -2.54. The average molecular weight is 380 g/mol. The number of nitrogens with zero attached hydrogens (tertiary/aromatic N) is 2. The first-order chi connectivity index (χ1) is 13.7. The number of para-hydroxylation sites is 1. The molecule has 2 aliphatic heterocycles. The van der Waals surface area contributed by atoms with Gasteiger partial charge in [0.1, 0.15) is 5.82 Å². The van der Waals surface area contributed by atoms with Crippen molar-refractivity contribution in [2.24, 2.45) is 5.10 Å². The van der Waals surface area contributed by atoms with Gasteiger partial charge in [-0.1, -0.05) is 30.7 Å². The molecule has 1 saturated carbocycles. The van der Waals surface area contributed by atoms with Crippen LogP contribution in [0.1, 0.15) is 62.6 Å². The van der Waals surface area contributed by atoms with E-state index in [0.717, 1.165) is 60.4 Å². The lowest BCUT2D eigenvalue weighted by atomic mass is 9.86. The number of hydrogen-bond acceptors (Lipinski definition) is 4. The summed E-state index contributed by atoms with van der Waals surface area (Å²) in [7, 11) is 0. The number of benzene rings is 2. The maximum atomic E-state index is 13.4. The summed E-state index contributed by atoms with van der Waals surface area (Å²) in [6.45, 7) is 2.61. The van der Waals surface area contributed by atoms with Crippen LogP contribution in [0.3, 0.4) is 0 Å². The lowest BCUT2D eigenvalue weighted by molar-refractivity contribution is -0.141. The van der Waals surface area contributed by atoms with Crippen molar-refractivity contribution >= 4 is 5.71 Å². The molecule has 0 N–H and O–H groups in total. The van der Waals surface area contributed by atoms with E-state index in [2.05, 4.69) is 11.1 Å². The fourth-order valence-electron chi connectivity index (χ4n) is 4.79. The van der Waals surface area contributed by atoms with Crippen molar-refractivity contribution in [3.8, 4) is 11.5 Å². The normalized spacial score (nSPS) is 22.3.